The smallest absolute Gasteiger partial charge is 0.305 e. The fourth-order valence-electron chi connectivity index (χ4n) is 12.6. The standard InChI is InChI=1S/C81H155NO5/c1-3-5-7-9-11-13-15-17-18-19-20-21-22-31-34-37-40-43-46-50-53-57-61-65-69-73-79(84)78(77-83)82-80(85)74-70-66-62-58-54-51-47-44-41-38-35-32-29-27-25-23-24-26-28-30-33-36-39-42-45-48-52-56-60-64-68-72-76-87-81(86)75-71-67-63-59-55-49-16-14-12-10-8-6-4-2/h8,10,14,16,26,28,78-79,83-84H,3-7,9,11-13,15,17-25,27,29-77H2,1-2H3,(H,82,85)/b10-8-,16-14-,28-26-. The van der Waals surface area contributed by atoms with Crippen LogP contribution in [0.4, 0.5) is 0 Å². The number of aliphatic hydroxyl groups excluding tert-OH is 2. The van der Waals surface area contributed by atoms with Crippen molar-refractivity contribution < 1.29 is 24.5 Å². The second kappa shape index (κ2) is 76.5. The van der Waals surface area contributed by atoms with Gasteiger partial charge in [-0.05, 0) is 77.0 Å². The largest absolute Gasteiger partial charge is 0.466 e. The number of rotatable bonds is 75. The van der Waals surface area contributed by atoms with Gasteiger partial charge in [0.2, 0.25) is 5.91 Å². The fraction of sp³-hybridized carbons (Fsp3) is 0.901. The number of allylic oxidation sites excluding steroid dienone is 6. The number of esters is 1. The lowest BCUT2D eigenvalue weighted by Crippen LogP contribution is -2.45. The van der Waals surface area contributed by atoms with E-state index in [-0.39, 0.29) is 18.5 Å². The van der Waals surface area contributed by atoms with E-state index in [4.69, 9.17) is 4.74 Å². The normalized spacial score (nSPS) is 12.6. The maximum Gasteiger partial charge on any atom is 0.305 e. The van der Waals surface area contributed by atoms with Crippen LogP contribution in [0.3, 0.4) is 0 Å². The van der Waals surface area contributed by atoms with E-state index in [9.17, 15) is 19.8 Å². The molecule has 3 N–H and O–H groups in total. The van der Waals surface area contributed by atoms with Gasteiger partial charge in [-0.3, -0.25) is 9.59 Å². The molecule has 0 aliphatic carbocycles. The molecule has 0 saturated heterocycles. The molecule has 0 rings (SSSR count). The van der Waals surface area contributed by atoms with Crippen LogP contribution < -0.4 is 5.32 Å². The number of aliphatic hydroxyl groups is 2. The molecular weight excluding hydrogens is 1070 g/mol. The lowest BCUT2D eigenvalue weighted by molar-refractivity contribution is -0.143. The minimum absolute atomic E-state index is 0.00346. The number of hydrogen-bond acceptors (Lipinski definition) is 5. The third kappa shape index (κ3) is 73.0. The Kier molecular flexibility index (Phi) is 74.8. The van der Waals surface area contributed by atoms with E-state index in [0.29, 0.717) is 25.9 Å². The summed E-state index contributed by atoms with van der Waals surface area (Å²) >= 11 is 0. The van der Waals surface area contributed by atoms with Crippen molar-refractivity contribution >= 4 is 11.9 Å². The summed E-state index contributed by atoms with van der Waals surface area (Å²) in [5.41, 5.74) is 0. The molecular formula is C81H155NO5. The first kappa shape index (κ1) is 85.1. The summed E-state index contributed by atoms with van der Waals surface area (Å²) in [6, 6.07) is -0.541. The quantitative estimate of drug-likeness (QED) is 0.0320. The molecule has 0 heterocycles. The Labute approximate surface area is 544 Å². The van der Waals surface area contributed by atoms with Crippen LogP contribution in [-0.2, 0) is 14.3 Å². The van der Waals surface area contributed by atoms with Crippen LogP contribution in [0.15, 0.2) is 36.5 Å². The highest BCUT2D eigenvalue weighted by Crippen LogP contribution is 2.20. The maximum absolute atomic E-state index is 12.6. The van der Waals surface area contributed by atoms with Crippen molar-refractivity contribution in [3.63, 3.8) is 0 Å². The Balaban J connectivity index is 3.36. The molecule has 0 aromatic heterocycles. The van der Waals surface area contributed by atoms with Crippen LogP contribution in [-0.4, -0.2) is 47.4 Å². The van der Waals surface area contributed by atoms with Crippen LogP contribution in [0.5, 0.6) is 0 Å². The lowest BCUT2D eigenvalue weighted by atomic mass is 10.0. The van der Waals surface area contributed by atoms with Gasteiger partial charge in [-0.15, -0.1) is 0 Å². The minimum atomic E-state index is -0.664. The van der Waals surface area contributed by atoms with Crippen LogP contribution in [0.2, 0.25) is 0 Å². The Morgan fingerprint density at radius 2 is 0.598 bits per heavy atom. The van der Waals surface area contributed by atoms with Crippen LogP contribution >= 0.6 is 0 Å². The zero-order chi connectivity index (χ0) is 62.8. The molecule has 0 saturated carbocycles. The van der Waals surface area contributed by atoms with E-state index in [1.807, 2.05) is 0 Å². The fourth-order valence-corrected chi connectivity index (χ4v) is 12.6. The molecule has 6 nitrogen and oxygen atoms in total. The summed E-state index contributed by atoms with van der Waals surface area (Å²) in [7, 11) is 0. The van der Waals surface area contributed by atoms with E-state index >= 15 is 0 Å². The van der Waals surface area contributed by atoms with Gasteiger partial charge in [0.25, 0.3) is 0 Å². The van der Waals surface area contributed by atoms with E-state index < -0.39 is 12.1 Å². The van der Waals surface area contributed by atoms with Crippen LogP contribution in [0.1, 0.15) is 444 Å². The third-order valence-corrected chi connectivity index (χ3v) is 18.6. The summed E-state index contributed by atoms with van der Waals surface area (Å²) in [6.07, 6.45) is 99.5. The third-order valence-electron chi connectivity index (χ3n) is 18.6. The molecule has 0 aliphatic heterocycles. The second-order valence-corrected chi connectivity index (χ2v) is 27.4. The summed E-state index contributed by atoms with van der Waals surface area (Å²) in [6.45, 7) is 4.93. The Hall–Kier alpha value is -1.92. The Morgan fingerprint density at radius 3 is 0.931 bits per heavy atom. The highest BCUT2D eigenvalue weighted by Gasteiger charge is 2.20. The molecule has 0 aliphatic rings. The van der Waals surface area contributed by atoms with Gasteiger partial charge >= 0.3 is 5.97 Å². The van der Waals surface area contributed by atoms with Crippen LogP contribution in [0.25, 0.3) is 0 Å². The number of ether oxygens (including phenoxy) is 1. The average molecular weight is 1220 g/mol. The van der Waals surface area contributed by atoms with Gasteiger partial charge in [0.15, 0.2) is 0 Å². The van der Waals surface area contributed by atoms with Crippen molar-refractivity contribution in [1.29, 1.82) is 0 Å². The molecule has 0 bridgehead atoms. The highest BCUT2D eigenvalue weighted by molar-refractivity contribution is 5.76. The van der Waals surface area contributed by atoms with Crippen molar-refractivity contribution in [3.05, 3.63) is 36.5 Å². The zero-order valence-electron chi connectivity index (χ0n) is 59.0. The number of carbonyl (C=O) groups excluding carboxylic acids is 2. The monoisotopic (exact) mass is 1220 g/mol. The van der Waals surface area contributed by atoms with Gasteiger partial charge in [-0.2, -0.15) is 0 Å². The number of nitrogens with one attached hydrogen (secondary N) is 1. The highest BCUT2D eigenvalue weighted by atomic mass is 16.5. The maximum atomic E-state index is 12.6. The first-order valence-corrected chi connectivity index (χ1v) is 39.7. The van der Waals surface area contributed by atoms with Gasteiger partial charge in [0, 0.05) is 12.8 Å². The van der Waals surface area contributed by atoms with Gasteiger partial charge in [-0.25, -0.2) is 0 Å². The van der Waals surface area contributed by atoms with E-state index in [1.54, 1.807) is 0 Å². The van der Waals surface area contributed by atoms with Gasteiger partial charge < -0.3 is 20.3 Å². The first-order chi connectivity index (χ1) is 43.0. The predicted molar refractivity (Wildman–Crippen MR) is 384 cm³/mol. The summed E-state index contributed by atoms with van der Waals surface area (Å²) in [5.74, 6) is -0.0234. The summed E-state index contributed by atoms with van der Waals surface area (Å²) < 4.78 is 5.48. The number of hydrogen-bond donors (Lipinski definition) is 3. The van der Waals surface area contributed by atoms with Crippen molar-refractivity contribution in [3.8, 4) is 0 Å². The molecule has 6 heteroatoms. The Morgan fingerprint density at radius 1 is 0.322 bits per heavy atom. The van der Waals surface area contributed by atoms with Gasteiger partial charge in [0.05, 0.1) is 25.4 Å². The predicted octanol–water partition coefficient (Wildman–Crippen LogP) is 26.2. The Bertz CT molecular complexity index is 1410. The number of amides is 1. The number of unbranched alkanes of at least 4 members (excludes halogenated alkanes) is 58. The second-order valence-electron chi connectivity index (χ2n) is 27.4. The molecule has 0 fully saturated rings. The molecule has 1 amide bonds. The van der Waals surface area contributed by atoms with E-state index in [1.165, 1.54) is 360 Å². The summed E-state index contributed by atoms with van der Waals surface area (Å²) in [5, 5.41) is 23.5. The molecule has 0 radical (unpaired) electrons. The lowest BCUT2D eigenvalue weighted by Gasteiger charge is -2.22. The molecule has 87 heavy (non-hydrogen) atoms. The van der Waals surface area contributed by atoms with Crippen LogP contribution in [0, 0.1) is 0 Å². The zero-order valence-corrected chi connectivity index (χ0v) is 59.0. The van der Waals surface area contributed by atoms with Crippen molar-refractivity contribution in [2.75, 3.05) is 13.2 Å². The number of carbonyl (C=O) groups is 2. The molecule has 0 aromatic rings. The SMILES string of the molecule is CCC/C=C\C/C=C\CCCCCCCC(=O)OCCCCCCCCCCCCCC/C=C\CCCCCCCCCCCCCCCCCCC(=O)NC(CO)C(O)CCCCCCCCCCCCCCCCCCCCCCCCCCC. The van der Waals surface area contributed by atoms with Gasteiger partial charge in [0.1, 0.15) is 0 Å². The van der Waals surface area contributed by atoms with E-state index in [2.05, 4.69) is 55.6 Å². The molecule has 0 spiro atoms. The molecule has 2 atom stereocenters. The first-order valence-electron chi connectivity index (χ1n) is 39.7. The molecule has 0 aromatic carbocycles. The van der Waals surface area contributed by atoms with Crippen molar-refractivity contribution in [2.24, 2.45) is 0 Å². The topological polar surface area (TPSA) is 95.9 Å². The average Bonchev–Trinajstić information content (AvgIpc) is 3.54. The molecule has 514 valence electrons. The minimum Gasteiger partial charge on any atom is -0.466 e. The summed E-state index contributed by atoms with van der Waals surface area (Å²) in [4.78, 5) is 24.6. The van der Waals surface area contributed by atoms with Crippen molar-refractivity contribution in [1.82, 2.24) is 5.32 Å². The van der Waals surface area contributed by atoms with Crippen molar-refractivity contribution in [2.45, 2.75) is 456 Å². The van der Waals surface area contributed by atoms with E-state index in [0.717, 1.165) is 51.4 Å². The molecule has 2 unspecified atom stereocenters. The van der Waals surface area contributed by atoms with Gasteiger partial charge in [-0.1, -0.05) is 391 Å².